The number of nitrogen functional groups attached to an aromatic ring is 1. The lowest BCUT2D eigenvalue weighted by atomic mass is 10.0. The maximum absolute atomic E-state index is 5.75. The Morgan fingerprint density at radius 1 is 1.40 bits per heavy atom. The number of aromatic nitrogens is 3. The van der Waals surface area contributed by atoms with Crippen LogP contribution in [0.25, 0.3) is 0 Å². The van der Waals surface area contributed by atoms with Crippen LogP contribution >= 0.6 is 12.2 Å². The summed E-state index contributed by atoms with van der Waals surface area (Å²) in [5.74, 6) is 1.09. The van der Waals surface area contributed by atoms with Crippen LogP contribution in [0.3, 0.4) is 0 Å². The molecule has 3 N–H and O–H groups in total. The zero-order valence-electron chi connectivity index (χ0n) is 9.66. The third kappa shape index (κ3) is 1.33. The minimum atomic E-state index is 0.353. The van der Waals surface area contributed by atoms with Crippen molar-refractivity contribution in [3.63, 3.8) is 0 Å². The van der Waals surface area contributed by atoms with Crippen LogP contribution in [0, 0.1) is 21.5 Å². The van der Waals surface area contributed by atoms with E-state index in [1.165, 1.54) is 0 Å². The van der Waals surface area contributed by atoms with E-state index >= 15 is 0 Å². The summed E-state index contributed by atoms with van der Waals surface area (Å²) in [7, 11) is 0. The van der Waals surface area contributed by atoms with Gasteiger partial charge in [0.1, 0.15) is 0 Å². The first kappa shape index (κ1) is 10.7. The molecule has 0 saturated heterocycles. The van der Waals surface area contributed by atoms with E-state index < -0.39 is 0 Å². The number of H-pyrrole nitrogens is 1. The first-order chi connectivity index (χ1) is 6.78. The van der Waals surface area contributed by atoms with Crippen molar-refractivity contribution in [3.05, 3.63) is 4.77 Å². The largest absolute Gasteiger partial charge is 0.368 e. The smallest absolute Gasteiger partial charge is 0.220 e. The molecule has 1 heterocycles. The molecule has 1 aliphatic carbocycles. The van der Waals surface area contributed by atoms with Crippen molar-refractivity contribution in [2.45, 2.75) is 34.2 Å². The molecule has 4 nitrogen and oxygen atoms in total. The summed E-state index contributed by atoms with van der Waals surface area (Å²) in [6.07, 6.45) is 0. The van der Waals surface area contributed by atoms with E-state index in [1.54, 1.807) is 0 Å². The van der Waals surface area contributed by atoms with Gasteiger partial charge in [-0.2, -0.15) is 0 Å². The second-order valence-electron chi connectivity index (χ2n) is 5.49. The molecule has 84 valence electrons. The Kier molecular flexibility index (Phi) is 2.02. The van der Waals surface area contributed by atoms with Crippen LogP contribution < -0.4 is 5.73 Å². The normalized spacial score (nSPS) is 22.9. The molecule has 0 bridgehead atoms. The number of nitrogens with two attached hydrogens (primary N) is 1. The van der Waals surface area contributed by atoms with Gasteiger partial charge >= 0.3 is 0 Å². The Bertz CT molecular complexity index is 427. The summed E-state index contributed by atoms with van der Waals surface area (Å²) in [6.45, 7) is 10.0. The fraction of sp³-hybridized carbons (Fsp3) is 0.800. The molecule has 1 saturated carbocycles. The summed E-state index contributed by atoms with van der Waals surface area (Å²) in [6, 6.07) is 0. The van der Waals surface area contributed by atoms with Gasteiger partial charge in [0, 0.05) is 6.54 Å². The molecule has 0 unspecified atom stereocenters. The van der Waals surface area contributed by atoms with Crippen molar-refractivity contribution in [2.24, 2.45) is 16.7 Å². The van der Waals surface area contributed by atoms with Gasteiger partial charge in [0.15, 0.2) is 4.77 Å². The molecule has 5 heteroatoms. The molecule has 0 spiro atoms. The highest BCUT2D eigenvalue weighted by Gasteiger charge is 2.64. The highest BCUT2D eigenvalue weighted by molar-refractivity contribution is 7.71. The Labute approximate surface area is 94.9 Å². The Morgan fingerprint density at radius 2 is 1.93 bits per heavy atom. The SMILES string of the molecule is CC1(C)C(Cn2c(N)n[nH]c2=S)C1(C)C. The summed E-state index contributed by atoms with van der Waals surface area (Å²) >= 11 is 5.13. The van der Waals surface area contributed by atoms with Gasteiger partial charge in [-0.1, -0.05) is 27.7 Å². The minimum Gasteiger partial charge on any atom is -0.368 e. The average Bonchev–Trinajstić information content (AvgIpc) is 2.41. The fourth-order valence-corrected chi connectivity index (χ4v) is 2.69. The van der Waals surface area contributed by atoms with Crippen LogP contribution in [0.15, 0.2) is 0 Å². The molecule has 1 aromatic rings. The maximum atomic E-state index is 5.75. The van der Waals surface area contributed by atoms with Crippen LogP contribution in [0.1, 0.15) is 27.7 Å². The number of nitrogens with zero attached hydrogens (tertiary/aromatic N) is 2. The lowest BCUT2D eigenvalue weighted by molar-refractivity contribution is 0.457. The molecule has 0 atom stereocenters. The molecule has 0 aliphatic heterocycles. The maximum Gasteiger partial charge on any atom is 0.220 e. The molecule has 2 rings (SSSR count). The van der Waals surface area contributed by atoms with Gasteiger partial charge in [0.2, 0.25) is 5.95 Å². The van der Waals surface area contributed by atoms with Crippen molar-refractivity contribution >= 4 is 18.2 Å². The van der Waals surface area contributed by atoms with Gasteiger partial charge in [0.25, 0.3) is 0 Å². The van der Waals surface area contributed by atoms with Crippen molar-refractivity contribution in [1.82, 2.24) is 14.8 Å². The monoisotopic (exact) mass is 226 g/mol. The molecule has 1 aromatic heterocycles. The molecule has 0 amide bonds. The Hall–Kier alpha value is -0.840. The quantitative estimate of drug-likeness (QED) is 0.760. The van der Waals surface area contributed by atoms with Crippen LogP contribution in [0.4, 0.5) is 5.95 Å². The second-order valence-corrected chi connectivity index (χ2v) is 5.88. The highest BCUT2D eigenvalue weighted by atomic mass is 32.1. The van der Waals surface area contributed by atoms with Crippen molar-refractivity contribution < 1.29 is 0 Å². The number of hydrogen-bond acceptors (Lipinski definition) is 3. The minimum absolute atomic E-state index is 0.353. The van der Waals surface area contributed by atoms with Crippen LogP contribution in [-0.4, -0.2) is 14.8 Å². The molecule has 1 fully saturated rings. The van der Waals surface area contributed by atoms with Crippen molar-refractivity contribution in [3.8, 4) is 0 Å². The molecular weight excluding hydrogens is 208 g/mol. The highest BCUT2D eigenvalue weighted by Crippen LogP contribution is 2.68. The molecule has 0 radical (unpaired) electrons. The number of hydrogen-bond donors (Lipinski definition) is 2. The summed E-state index contributed by atoms with van der Waals surface area (Å²) < 4.78 is 2.50. The summed E-state index contributed by atoms with van der Waals surface area (Å²) in [5.41, 5.74) is 6.45. The van der Waals surface area contributed by atoms with Gasteiger partial charge in [-0.3, -0.25) is 4.57 Å². The van der Waals surface area contributed by atoms with E-state index in [2.05, 4.69) is 37.9 Å². The average molecular weight is 226 g/mol. The molecular formula is C10H18N4S. The Balaban J connectivity index is 2.23. The first-order valence-corrected chi connectivity index (χ1v) is 5.60. The van der Waals surface area contributed by atoms with Crippen LogP contribution in [0.2, 0.25) is 0 Å². The van der Waals surface area contributed by atoms with Gasteiger partial charge in [0.05, 0.1) is 0 Å². The number of aromatic amines is 1. The van der Waals surface area contributed by atoms with Gasteiger partial charge in [-0.25, -0.2) is 5.10 Å². The topological polar surface area (TPSA) is 59.6 Å². The first-order valence-electron chi connectivity index (χ1n) is 5.19. The van der Waals surface area contributed by atoms with E-state index in [4.69, 9.17) is 18.0 Å². The van der Waals surface area contributed by atoms with Crippen molar-refractivity contribution in [2.75, 3.05) is 5.73 Å². The predicted molar refractivity (Wildman–Crippen MR) is 62.9 cm³/mol. The van der Waals surface area contributed by atoms with Crippen LogP contribution in [-0.2, 0) is 6.54 Å². The van der Waals surface area contributed by atoms with Crippen LogP contribution in [0.5, 0.6) is 0 Å². The van der Waals surface area contributed by atoms with E-state index in [9.17, 15) is 0 Å². The predicted octanol–water partition coefficient (Wildman–Crippen LogP) is 2.21. The van der Waals surface area contributed by atoms with E-state index in [1.807, 2.05) is 4.57 Å². The van der Waals surface area contributed by atoms with Gasteiger partial charge < -0.3 is 5.73 Å². The summed E-state index contributed by atoms with van der Waals surface area (Å²) in [4.78, 5) is 0. The number of rotatable bonds is 2. The van der Waals surface area contributed by atoms with Gasteiger partial charge in [-0.05, 0) is 29.0 Å². The lowest BCUT2D eigenvalue weighted by Gasteiger charge is -2.04. The summed E-state index contributed by atoms with van der Waals surface area (Å²) in [5, 5.41) is 6.63. The third-order valence-electron chi connectivity index (χ3n) is 4.47. The fourth-order valence-electron chi connectivity index (χ4n) is 2.48. The second kappa shape index (κ2) is 2.84. The van der Waals surface area contributed by atoms with Crippen molar-refractivity contribution in [1.29, 1.82) is 0 Å². The Morgan fingerprint density at radius 3 is 2.27 bits per heavy atom. The zero-order valence-corrected chi connectivity index (χ0v) is 10.5. The third-order valence-corrected chi connectivity index (χ3v) is 4.78. The molecule has 0 aromatic carbocycles. The number of nitrogens with one attached hydrogen (secondary N) is 1. The van der Waals surface area contributed by atoms with E-state index in [-0.39, 0.29) is 0 Å². The molecule has 1 aliphatic rings. The van der Waals surface area contributed by atoms with Gasteiger partial charge in [-0.15, -0.1) is 5.10 Å². The number of anilines is 1. The van der Waals surface area contributed by atoms with E-state index in [0.717, 1.165) is 6.54 Å². The standard InChI is InChI=1S/C10H18N4S/c1-9(2)6(10(9,3)4)5-14-7(11)12-13-8(14)15/h6H,5H2,1-4H3,(H2,11,12)(H,13,15). The lowest BCUT2D eigenvalue weighted by Crippen LogP contribution is -2.08. The zero-order chi connectivity index (χ0) is 11.4. The van der Waals surface area contributed by atoms with E-state index in [0.29, 0.717) is 27.5 Å². The molecule has 15 heavy (non-hydrogen) atoms.